The standard InChI is InChI=1S/C15H10F3NO2/c16-15(17,18)21-10-5-3-4-9(8-10)13-11-6-1-2-7-12(11)19-14(13)20/h1-8,13H,(H,19,20). The summed E-state index contributed by atoms with van der Waals surface area (Å²) in [4.78, 5) is 12.1. The minimum atomic E-state index is -4.76. The van der Waals surface area contributed by atoms with E-state index in [-0.39, 0.29) is 11.7 Å². The molecule has 3 nitrogen and oxygen atoms in total. The van der Waals surface area contributed by atoms with E-state index in [2.05, 4.69) is 10.1 Å². The average Bonchev–Trinajstić information content (AvgIpc) is 2.72. The van der Waals surface area contributed by atoms with Crippen molar-refractivity contribution >= 4 is 11.6 Å². The van der Waals surface area contributed by atoms with Crippen LogP contribution in [-0.4, -0.2) is 12.3 Å². The van der Waals surface area contributed by atoms with Crippen molar-refractivity contribution in [2.75, 3.05) is 5.32 Å². The zero-order chi connectivity index (χ0) is 15.0. The van der Waals surface area contributed by atoms with E-state index in [9.17, 15) is 18.0 Å². The number of amides is 1. The summed E-state index contributed by atoms with van der Waals surface area (Å²) >= 11 is 0. The maximum Gasteiger partial charge on any atom is 0.573 e. The van der Waals surface area contributed by atoms with Gasteiger partial charge in [0.2, 0.25) is 5.91 Å². The molecule has 1 N–H and O–H groups in total. The summed E-state index contributed by atoms with van der Waals surface area (Å²) in [5, 5.41) is 2.71. The second-order valence-electron chi connectivity index (χ2n) is 4.63. The van der Waals surface area contributed by atoms with Crippen molar-refractivity contribution in [3.05, 3.63) is 59.7 Å². The van der Waals surface area contributed by atoms with Crippen molar-refractivity contribution in [1.29, 1.82) is 0 Å². The maximum absolute atomic E-state index is 12.3. The molecule has 21 heavy (non-hydrogen) atoms. The van der Waals surface area contributed by atoms with Gasteiger partial charge in [-0.15, -0.1) is 13.2 Å². The Bertz CT molecular complexity index is 697. The highest BCUT2D eigenvalue weighted by Crippen LogP contribution is 2.38. The van der Waals surface area contributed by atoms with Gasteiger partial charge in [0.15, 0.2) is 0 Å². The molecule has 0 aliphatic carbocycles. The van der Waals surface area contributed by atoms with Gasteiger partial charge in [-0.05, 0) is 29.3 Å². The number of halogens is 3. The van der Waals surface area contributed by atoms with E-state index in [1.54, 1.807) is 30.3 Å². The predicted octanol–water partition coefficient (Wildman–Crippen LogP) is 3.67. The number of nitrogens with one attached hydrogen (secondary N) is 1. The van der Waals surface area contributed by atoms with E-state index >= 15 is 0 Å². The topological polar surface area (TPSA) is 38.3 Å². The summed E-state index contributed by atoms with van der Waals surface area (Å²) in [6.07, 6.45) is -4.76. The lowest BCUT2D eigenvalue weighted by Gasteiger charge is -2.13. The van der Waals surface area contributed by atoms with E-state index in [4.69, 9.17) is 0 Å². The molecule has 1 aliphatic heterocycles. The summed E-state index contributed by atoms with van der Waals surface area (Å²) in [6, 6.07) is 12.6. The zero-order valence-electron chi connectivity index (χ0n) is 10.6. The van der Waals surface area contributed by atoms with Gasteiger partial charge in [0, 0.05) is 5.69 Å². The first-order valence-electron chi connectivity index (χ1n) is 6.19. The number of hydrogen-bond acceptors (Lipinski definition) is 2. The third-order valence-corrected chi connectivity index (χ3v) is 3.22. The summed E-state index contributed by atoms with van der Waals surface area (Å²) in [5.74, 6) is -1.23. The minimum absolute atomic E-state index is 0.264. The first kappa shape index (κ1) is 13.5. The molecule has 1 unspecified atom stereocenters. The van der Waals surface area contributed by atoms with Gasteiger partial charge in [-0.3, -0.25) is 4.79 Å². The highest BCUT2D eigenvalue weighted by Gasteiger charge is 2.34. The van der Waals surface area contributed by atoms with Crippen LogP contribution >= 0.6 is 0 Å². The minimum Gasteiger partial charge on any atom is -0.406 e. The molecule has 108 valence electrons. The first-order chi connectivity index (χ1) is 9.94. The second kappa shape index (κ2) is 4.80. The fraction of sp³-hybridized carbons (Fsp3) is 0.133. The Morgan fingerprint density at radius 2 is 1.81 bits per heavy atom. The number of hydrogen-bond donors (Lipinski definition) is 1. The largest absolute Gasteiger partial charge is 0.573 e. The Labute approximate surface area is 118 Å². The molecule has 1 aliphatic rings. The van der Waals surface area contributed by atoms with E-state index < -0.39 is 12.3 Å². The summed E-state index contributed by atoms with van der Waals surface area (Å²) in [6.45, 7) is 0. The highest BCUT2D eigenvalue weighted by atomic mass is 19.4. The van der Waals surface area contributed by atoms with Crippen LogP contribution in [0, 0.1) is 0 Å². The molecule has 0 bridgehead atoms. The molecule has 0 fully saturated rings. The lowest BCUT2D eigenvalue weighted by atomic mass is 9.92. The fourth-order valence-corrected chi connectivity index (χ4v) is 2.43. The smallest absolute Gasteiger partial charge is 0.406 e. The number of para-hydroxylation sites is 1. The average molecular weight is 293 g/mol. The van der Waals surface area contributed by atoms with Gasteiger partial charge in [0.1, 0.15) is 5.75 Å². The molecule has 6 heteroatoms. The van der Waals surface area contributed by atoms with Crippen molar-refractivity contribution in [1.82, 2.24) is 0 Å². The van der Waals surface area contributed by atoms with Crippen molar-refractivity contribution < 1.29 is 22.7 Å². The summed E-state index contributed by atoms with van der Waals surface area (Å²) < 4.78 is 40.7. The molecule has 0 saturated heterocycles. The number of rotatable bonds is 2. The van der Waals surface area contributed by atoms with Gasteiger partial charge < -0.3 is 10.1 Å². The van der Waals surface area contributed by atoms with E-state index in [0.717, 1.165) is 5.56 Å². The molecule has 0 spiro atoms. The first-order valence-corrected chi connectivity index (χ1v) is 6.19. The normalized spacial score (nSPS) is 17.3. The number of anilines is 1. The van der Waals surface area contributed by atoms with Gasteiger partial charge >= 0.3 is 6.36 Å². The van der Waals surface area contributed by atoms with Crippen LogP contribution < -0.4 is 10.1 Å². The molecule has 0 saturated carbocycles. The number of alkyl halides is 3. The van der Waals surface area contributed by atoms with Gasteiger partial charge in [0.05, 0.1) is 5.92 Å². The fourth-order valence-electron chi connectivity index (χ4n) is 2.43. The highest BCUT2D eigenvalue weighted by molar-refractivity contribution is 6.05. The van der Waals surface area contributed by atoms with Crippen LogP contribution in [-0.2, 0) is 4.79 Å². The predicted molar refractivity (Wildman–Crippen MR) is 70.0 cm³/mol. The quantitative estimate of drug-likeness (QED) is 0.917. The van der Waals surface area contributed by atoms with Gasteiger partial charge in [-0.1, -0.05) is 30.3 Å². The lowest BCUT2D eigenvalue weighted by molar-refractivity contribution is -0.274. The Balaban J connectivity index is 1.98. The maximum atomic E-state index is 12.3. The van der Waals surface area contributed by atoms with Crippen molar-refractivity contribution in [2.24, 2.45) is 0 Å². The third kappa shape index (κ3) is 2.69. The Morgan fingerprint density at radius 3 is 2.57 bits per heavy atom. The molecule has 1 amide bonds. The number of ether oxygens (including phenoxy) is 1. The van der Waals surface area contributed by atoms with Crippen LogP contribution in [0.25, 0.3) is 0 Å². The number of benzene rings is 2. The number of carbonyl (C=O) groups excluding carboxylic acids is 1. The number of carbonyl (C=O) groups is 1. The molecule has 0 aromatic heterocycles. The molecule has 1 atom stereocenters. The zero-order valence-corrected chi connectivity index (χ0v) is 10.6. The van der Waals surface area contributed by atoms with E-state index in [0.29, 0.717) is 11.3 Å². The van der Waals surface area contributed by atoms with Crippen molar-refractivity contribution in [2.45, 2.75) is 12.3 Å². The Kier molecular flexibility index (Phi) is 3.08. The van der Waals surface area contributed by atoms with Crippen LogP contribution in [0.15, 0.2) is 48.5 Å². The van der Waals surface area contributed by atoms with Gasteiger partial charge in [-0.2, -0.15) is 0 Å². The molecule has 2 aromatic carbocycles. The van der Waals surface area contributed by atoms with Gasteiger partial charge in [0.25, 0.3) is 0 Å². The number of fused-ring (bicyclic) bond motifs is 1. The van der Waals surface area contributed by atoms with Crippen LogP contribution in [0.2, 0.25) is 0 Å². The Morgan fingerprint density at radius 1 is 1.05 bits per heavy atom. The Hall–Kier alpha value is -2.50. The molecule has 0 radical (unpaired) electrons. The second-order valence-corrected chi connectivity index (χ2v) is 4.63. The molecular formula is C15H10F3NO2. The van der Waals surface area contributed by atoms with Gasteiger partial charge in [-0.25, -0.2) is 0 Å². The molecule has 3 rings (SSSR count). The van der Waals surface area contributed by atoms with E-state index in [1.165, 1.54) is 18.2 Å². The third-order valence-electron chi connectivity index (χ3n) is 3.22. The monoisotopic (exact) mass is 293 g/mol. The SMILES string of the molecule is O=C1Nc2ccccc2C1c1cccc(OC(F)(F)F)c1. The molecular weight excluding hydrogens is 283 g/mol. The van der Waals surface area contributed by atoms with Crippen molar-refractivity contribution in [3.8, 4) is 5.75 Å². The lowest BCUT2D eigenvalue weighted by Crippen LogP contribution is -2.18. The molecule has 1 heterocycles. The van der Waals surface area contributed by atoms with Crippen LogP contribution in [0.1, 0.15) is 17.0 Å². The van der Waals surface area contributed by atoms with Crippen LogP contribution in [0.4, 0.5) is 18.9 Å². The van der Waals surface area contributed by atoms with Crippen molar-refractivity contribution in [3.63, 3.8) is 0 Å². The summed E-state index contributed by atoms with van der Waals surface area (Å²) in [5.41, 5.74) is 1.88. The molecule has 2 aromatic rings. The van der Waals surface area contributed by atoms with Crippen LogP contribution in [0.5, 0.6) is 5.75 Å². The van der Waals surface area contributed by atoms with Crippen LogP contribution in [0.3, 0.4) is 0 Å². The summed E-state index contributed by atoms with van der Waals surface area (Å²) in [7, 11) is 0. The van der Waals surface area contributed by atoms with E-state index in [1.807, 2.05) is 0 Å².